The molecule has 1 aliphatic heterocycles. The van der Waals surface area contributed by atoms with Gasteiger partial charge in [0.25, 0.3) is 5.56 Å². The van der Waals surface area contributed by atoms with Crippen LogP contribution in [0.1, 0.15) is 18.9 Å². The van der Waals surface area contributed by atoms with E-state index in [1.54, 1.807) is 11.6 Å². The van der Waals surface area contributed by atoms with Gasteiger partial charge in [-0.25, -0.2) is 0 Å². The number of benzene rings is 1. The number of aryl methyl sites for hydroxylation is 1. The lowest BCUT2D eigenvalue weighted by molar-refractivity contribution is -0.0821. The Morgan fingerprint density at radius 3 is 2.76 bits per heavy atom. The lowest BCUT2D eigenvalue weighted by atomic mass is 10.1. The first-order valence-corrected chi connectivity index (χ1v) is 8.29. The van der Waals surface area contributed by atoms with Gasteiger partial charge in [-0.3, -0.25) is 4.79 Å². The van der Waals surface area contributed by atoms with Crippen LogP contribution in [0.3, 0.4) is 0 Å². The van der Waals surface area contributed by atoms with Crippen molar-refractivity contribution in [3.8, 4) is 11.5 Å². The van der Waals surface area contributed by atoms with Crippen molar-refractivity contribution in [2.24, 2.45) is 7.05 Å². The Kier molecular flexibility index (Phi) is 3.89. The molecule has 1 aromatic carbocycles. The molecule has 0 spiro atoms. The van der Waals surface area contributed by atoms with Gasteiger partial charge < -0.3 is 18.6 Å². The minimum atomic E-state index is -0.257. The molecule has 1 fully saturated rings. The van der Waals surface area contributed by atoms with Crippen molar-refractivity contribution in [1.82, 2.24) is 19.7 Å². The summed E-state index contributed by atoms with van der Waals surface area (Å²) in [6.07, 6.45) is -0.156. The number of pyridine rings is 1. The largest absolute Gasteiger partial charge is 0.418 e. The SMILES string of the molecule is C[C@@H]1CN(C)C[C@H](c2nnc(-c3cc(=O)n(C)c4ccccc34)o2)O1. The number of hydrogen-bond acceptors (Lipinski definition) is 6. The topological polar surface area (TPSA) is 73.4 Å². The van der Waals surface area contributed by atoms with Crippen LogP contribution in [0.4, 0.5) is 0 Å². The van der Waals surface area contributed by atoms with Gasteiger partial charge >= 0.3 is 0 Å². The van der Waals surface area contributed by atoms with Gasteiger partial charge in [-0.15, -0.1) is 10.2 Å². The Hall–Kier alpha value is -2.51. The molecule has 0 aliphatic carbocycles. The number of hydrogen-bond donors (Lipinski definition) is 0. The van der Waals surface area contributed by atoms with Crippen molar-refractivity contribution in [2.75, 3.05) is 20.1 Å². The van der Waals surface area contributed by atoms with Crippen molar-refractivity contribution in [3.63, 3.8) is 0 Å². The summed E-state index contributed by atoms with van der Waals surface area (Å²) < 4.78 is 13.4. The van der Waals surface area contributed by atoms with Crippen LogP contribution in [-0.4, -0.2) is 45.9 Å². The first-order chi connectivity index (χ1) is 12.0. The molecule has 3 aromatic rings. The number of ether oxygens (including phenoxy) is 1. The van der Waals surface area contributed by atoms with Gasteiger partial charge in [0.15, 0.2) is 0 Å². The van der Waals surface area contributed by atoms with Crippen LogP contribution in [0.25, 0.3) is 22.4 Å². The zero-order valence-corrected chi connectivity index (χ0v) is 14.5. The van der Waals surface area contributed by atoms with Gasteiger partial charge in [0.05, 0.1) is 17.2 Å². The fourth-order valence-corrected chi connectivity index (χ4v) is 3.36. The Labute approximate surface area is 144 Å². The summed E-state index contributed by atoms with van der Waals surface area (Å²) >= 11 is 0. The quantitative estimate of drug-likeness (QED) is 0.710. The van der Waals surface area contributed by atoms with Crippen molar-refractivity contribution >= 4 is 10.9 Å². The fourth-order valence-electron chi connectivity index (χ4n) is 3.36. The number of morpholine rings is 1. The number of rotatable bonds is 2. The molecule has 0 amide bonds. The Morgan fingerprint density at radius 1 is 1.16 bits per heavy atom. The molecule has 0 unspecified atom stereocenters. The van der Waals surface area contributed by atoms with Crippen molar-refractivity contribution < 1.29 is 9.15 Å². The van der Waals surface area contributed by atoms with E-state index < -0.39 is 0 Å². The van der Waals surface area contributed by atoms with E-state index in [4.69, 9.17) is 9.15 Å². The van der Waals surface area contributed by atoms with Crippen LogP contribution < -0.4 is 5.56 Å². The molecule has 1 saturated heterocycles. The standard InChI is InChI=1S/C18H20N4O3/c1-11-9-21(2)10-15(24-11)18-20-19-17(25-18)13-8-16(23)22(3)14-7-5-4-6-12(13)14/h4-8,11,15H,9-10H2,1-3H3/t11-,15-/m1/s1. The van der Waals surface area contributed by atoms with E-state index in [-0.39, 0.29) is 17.8 Å². The second-order valence-electron chi connectivity index (χ2n) is 6.57. The number of fused-ring (bicyclic) bond motifs is 1. The lowest BCUT2D eigenvalue weighted by Crippen LogP contribution is -2.40. The van der Waals surface area contributed by atoms with Gasteiger partial charge in [0.2, 0.25) is 11.8 Å². The van der Waals surface area contributed by atoms with Crippen LogP contribution >= 0.6 is 0 Å². The van der Waals surface area contributed by atoms with Crippen molar-refractivity contribution in [1.29, 1.82) is 0 Å². The molecule has 2 aromatic heterocycles. The highest BCUT2D eigenvalue weighted by atomic mass is 16.5. The maximum atomic E-state index is 12.3. The average Bonchev–Trinajstić information content (AvgIpc) is 3.07. The number of likely N-dealkylation sites (N-methyl/N-ethyl adjacent to an activating group) is 1. The monoisotopic (exact) mass is 340 g/mol. The minimum absolute atomic E-state index is 0.101. The Balaban J connectivity index is 1.77. The third kappa shape index (κ3) is 2.85. The maximum Gasteiger partial charge on any atom is 0.251 e. The number of aromatic nitrogens is 3. The van der Waals surface area contributed by atoms with E-state index in [1.807, 2.05) is 38.2 Å². The molecule has 3 heterocycles. The summed E-state index contributed by atoms with van der Waals surface area (Å²) in [5.74, 6) is 0.784. The first kappa shape index (κ1) is 16.0. The first-order valence-electron chi connectivity index (χ1n) is 8.29. The van der Waals surface area contributed by atoms with Gasteiger partial charge in [-0.1, -0.05) is 18.2 Å². The third-order valence-corrected chi connectivity index (χ3v) is 4.54. The molecule has 7 heteroatoms. The van der Waals surface area contributed by atoms with E-state index in [9.17, 15) is 4.79 Å². The molecule has 4 rings (SSSR count). The highest BCUT2D eigenvalue weighted by molar-refractivity contribution is 5.92. The van der Waals surface area contributed by atoms with Gasteiger partial charge in [-0.2, -0.15) is 0 Å². The summed E-state index contributed by atoms with van der Waals surface area (Å²) in [4.78, 5) is 14.4. The van der Waals surface area contributed by atoms with E-state index in [1.165, 1.54) is 6.07 Å². The van der Waals surface area contributed by atoms with E-state index in [0.29, 0.717) is 23.9 Å². The Bertz CT molecular complexity index is 968. The predicted octanol–water partition coefficient (Wildman–Crippen LogP) is 1.98. The number of para-hydroxylation sites is 1. The van der Waals surface area contributed by atoms with Crippen LogP contribution in [0.15, 0.2) is 39.5 Å². The lowest BCUT2D eigenvalue weighted by Gasteiger charge is -2.32. The highest BCUT2D eigenvalue weighted by Gasteiger charge is 2.29. The second-order valence-corrected chi connectivity index (χ2v) is 6.57. The molecule has 1 aliphatic rings. The molecule has 0 bridgehead atoms. The molecule has 7 nitrogen and oxygen atoms in total. The second kappa shape index (κ2) is 6.09. The third-order valence-electron chi connectivity index (χ3n) is 4.54. The minimum Gasteiger partial charge on any atom is -0.418 e. The molecule has 0 saturated carbocycles. The number of nitrogens with zero attached hydrogens (tertiary/aromatic N) is 4. The molecule has 2 atom stereocenters. The molecule has 25 heavy (non-hydrogen) atoms. The van der Waals surface area contributed by atoms with Crippen LogP contribution in [0, 0.1) is 0 Å². The summed E-state index contributed by atoms with van der Waals surface area (Å²) in [5.41, 5.74) is 1.36. The van der Waals surface area contributed by atoms with Gasteiger partial charge in [0, 0.05) is 31.6 Å². The average molecular weight is 340 g/mol. The normalized spacial score (nSPS) is 21.7. The van der Waals surface area contributed by atoms with E-state index in [0.717, 1.165) is 17.4 Å². The van der Waals surface area contributed by atoms with Crippen LogP contribution in [0.5, 0.6) is 0 Å². The van der Waals surface area contributed by atoms with Crippen LogP contribution in [0.2, 0.25) is 0 Å². The summed E-state index contributed by atoms with van der Waals surface area (Å²) in [7, 11) is 3.79. The maximum absolute atomic E-state index is 12.3. The fraction of sp³-hybridized carbons (Fsp3) is 0.389. The molecule has 0 N–H and O–H groups in total. The van der Waals surface area contributed by atoms with Gasteiger partial charge in [0.1, 0.15) is 6.10 Å². The molecular formula is C18H20N4O3. The molecule has 130 valence electrons. The predicted molar refractivity (Wildman–Crippen MR) is 93.3 cm³/mol. The summed E-state index contributed by atoms with van der Waals surface area (Å²) in [6.45, 7) is 3.59. The van der Waals surface area contributed by atoms with E-state index in [2.05, 4.69) is 15.1 Å². The Morgan fingerprint density at radius 2 is 1.96 bits per heavy atom. The van der Waals surface area contributed by atoms with E-state index >= 15 is 0 Å². The summed E-state index contributed by atoms with van der Waals surface area (Å²) in [5, 5.41) is 9.23. The zero-order valence-electron chi connectivity index (χ0n) is 14.5. The molecular weight excluding hydrogens is 320 g/mol. The molecule has 0 radical (unpaired) electrons. The zero-order chi connectivity index (χ0) is 17.6. The van der Waals surface area contributed by atoms with Crippen molar-refractivity contribution in [3.05, 3.63) is 46.6 Å². The smallest absolute Gasteiger partial charge is 0.251 e. The van der Waals surface area contributed by atoms with Crippen molar-refractivity contribution in [2.45, 2.75) is 19.1 Å². The van der Waals surface area contributed by atoms with Gasteiger partial charge in [-0.05, 0) is 20.0 Å². The van der Waals surface area contributed by atoms with Crippen LogP contribution in [-0.2, 0) is 11.8 Å². The highest BCUT2D eigenvalue weighted by Crippen LogP contribution is 2.29. The summed E-state index contributed by atoms with van der Waals surface area (Å²) in [6, 6.07) is 9.21.